The van der Waals surface area contributed by atoms with Crippen molar-refractivity contribution < 1.29 is 0 Å². The van der Waals surface area contributed by atoms with Crippen molar-refractivity contribution in [1.29, 1.82) is 31.6 Å². The van der Waals surface area contributed by atoms with Gasteiger partial charge < -0.3 is 0 Å². The molecule has 0 unspecified atom stereocenters. The number of allylic oxidation sites excluding steroid dienone is 1. The highest BCUT2D eigenvalue weighted by Gasteiger charge is 2.31. The number of benzene rings is 4. The van der Waals surface area contributed by atoms with Gasteiger partial charge in [-0.1, -0.05) is 24.3 Å². The summed E-state index contributed by atoms with van der Waals surface area (Å²) in [7, 11) is 0. The third-order valence-electron chi connectivity index (χ3n) is 7.76. The fourth-order valence-corrected chi connectivity index (χ4v) is 5.73. The monoisotopic (exact) mass is 584 g/mol. The van der Waals surface area contributed by atoms with E-state index in [1.807, 2.05) is 12.1 Å². The Bertz CT molecular complexity index is 2480. The fraction of sp³-hybridized carbons (Fsp3) is 0. The molecule has 0 fully saturated rings. The molecule has 0 spiro atoms. The topological polar surface area (TPSA) is 194 Å². The zero-order chi connectivity index (χ0) is 31.9. The van der Waals surface area contributed by atoms with E-state index >= 15 is 0 Å². The highest BCUT2D eigenvalue weighted by Crippen LogP contribution is 2.49. The molecule has 0 amide bonds. The summed E-state index contributed by atoms with van der Waals surface area (Å²) in [4.78, 5) is 18.2. The van der Waals surface area contributed by atoms with E-state index in [1.54, 1.807) is 72.8 Å². The predicted octanol–water partition coefficient (Wildman–Crippen LogP) is 6.22. The van der Waals surface area contributed by atoms with E-state index in [-0.39, 0.29) is 45.3 Å². The second kappa shape index (κ2) is 10.5. The van der Waals surface area contributed by atoms with E-state index in [4.69, 9.17) is 0 Å². The SMILES string of the molecule is N#CC(C#N)=C1c2cc(C#N)c(-c3nc(C#N)c4ccccc4n3)cc2-c2cc(-c3nc(C#N)c4ccccc4n3)c(C#N)cc21. The minimum atomic E-state index is -0.198. The zero-order valence-electron chi connectivity index (χ0n) is 23.4. The van der Waals surface area contributed by atoms with Crippen molar-refractivity contribution in [3.8, 4) is 70.3 Å². The highest BCUT2D eigenvalue weighted by molar-refractivity contribution is 6.07. The van der Waals surface area contributed by atoms with Crippen molar-refractivity contribution >= 4 is 27.4 Å². The molecule has 0 saturated carbocycles. The van der Waals surface area contributed by atoms with Crippen LogP contribution in [0.4, 0.5) is 0 Å². The molecule has 0 atom stereocenters. The van der Waals surface area contributed by atoms with Crippen molar-refractivity contribution in [2.45, 2.75) is 0 Å². The second-order valence-electron chi connectivity index (χ2n) is 10.1. The Hall–Kier alpha value is -7.76. The summed E-state index contributed by atoms with van der Waals surface area (Å²) in [6.45, 7) is 0. The molecule has 6 aromatic rings. The largest absolute Gasteiger partial charge is 0.228 e. The first-order valence-corrected chi connectivity index (χ1v) is 13.6. The van der Waals surface area contributed by atoms with Gasteiger partial charge in [-0.15, -0.1) is 0 Å². The van der Waals surface area contributed by atoms with Gasteiger partial charge in [-0.2, -0.15) is 31.6 Å². The van der Waals surface area contributed by atoms with Gasteiger partial charge in [-0.3, -0.25) is 0 Å². The Balaban J connectivity index is 1.55. The molecule has 0 N–H and O–H groups in total. The number of hydrogen-bond acceptors (Lipinski definition) is 10. The Kier molecular flexibility index (Phi) is 6.19. The molecule has 0 aliphatic heterocycles. The molecule has 0 radical (unpaired) electrons. The van der Waals surface area contributed by atoms with Crippen LogP contribution in [0.25, 0.3) is 61.3 Å². The second-order valence-corrected chi connectivity index (χ2v) is 10.1. The van der Waals surface area contributed by atoms with Gasteiger partial charge in [0.25, 0.3) is 0 Å². The minimum absolute atomic E-state index is 0.143. The molecule has 2 aromatic heterocycles. The zero-order valence-corrected chi connectivity index (χ0v) is 23.4. The fourth-order valence-electron chi connectivity index (χ4n) is 5.73. The van der Waals surface area contributed by atoms with E-state index in [0.29, 0.717) is 55.2 Å². The molecule has 10 nitrogen and oxygen atoms in total. The first-order chi connectivity index (χ1) is 22.5. The number of para-hydroxylation sites is 2. The molecule has 206 valence electrons. The minimum Gasteiger partial charge on any atom is -0.228 e. The average molecular weight is 585 g/mol. The third-order valence-corrected chi connectivity index (χ3v) is 7.76. The van der Waals surface area contributed by atoms with Crippen LogP contribution < -0.4 is 0 Å². The third kappa shape index (κ3) is 3.99. The van der Waals surface area contributed by atoms with E-state index in [0.717, 1.165) is 0 Å². The van der Waals surface area contributed by atoms with E-state index in [2.05, 4.69) is 44.2 Å². The normalized spacial score (nSPS) is 10.9. The standard InChI is InChI=1S/C36H12N10/c37-13-19-9-28-26(11-24(19)35-43-30-7-3-1-5-22(30)32(17-41)45-35)27-12-25(20(14-38)10-29(27)34(28)21(15-39)16-40)36-44-31-8-4-2-6-23(31)33(18-42)46-36/h1-12H. The van der Waals surface area contributed by atoms with Gasteiger partial charge in [-0.25, -0.2) is 19.9 Å². The molecule has 0 saturated heterocycles. The summed E-state index contributed by atoms with van der Waals surface area (Å²) in [6.07, 6.45) is 0. The van der Waals surface area contributed by atoms with E-state index < -0.39 is 0 Å². The van der Waals surface area contributed by atoms with Gasteiger partial charge in [0.05, 0.1) is 34.3 Å². The van der Waals surface area contributed by atoms with Crippen LogP contribution in [-0.2, 0) is 0 Å². The number of aromatic nitrogens is 4. The summed E-state index contributed by atoms with van der Waals surface area (Å²) in [5.74, 6) is 0.305. The van der Waals surface area contributed by atoms with Gasteiger partial charge >= 0.3 is 0 Å². The van der Waals surface area contributed by atoms with Crippen LogP contribution >= 0.6 is 0 Å². The number of rotatable bonds is 2. The first kappa shape index (κ1) is 27.1. The highest BCUT2D eigenvalue weighted by atomic mass is 14.9. The Morgan fingerprint density at radius 3 is 1.28 bits per heavy atom. The number of fused-ring (bicyclic) bond motifs is 5. The molecule has 46 heavy (non-hydrogen) atoms. The molecule has 7 rings (SSSR count). The maximum atomic E-state index is 10.2. The van der Waals surface area contributed by atoms with E-state index in [9.17, 15) is 31.6 Å². The van der Waals surface area contributed by atoms with Gasteiger partial charge in [0, 0.05) is 27.5 Å². The lowest BCUT2D eigenvalue weighted by molar-refractivity contribution is 1.19. The average Bonchev–Trinajstić information content (AvgIpc) is 3.41. The van der Waals surface area contributed by atoms with Crippen LogP contribution in [0.2, 0.25) is 0 Å². The first-order valence-electron chi connectivity index (χ1n) is 13.6. The van der Waals surface area contributed by atoms with Crippen molar-refractivity contribution in [2.75, 3.05) is 0 Å². The number of nitrogens with zero attached hydrogens (tertiary/aromatic N) is 10. The summed E-state index contributed by atoms with van der Waals surface area (Å²) in [5, 5.41) is 61.0. The molecule has 2 heterocycles. The van der Waals surface area contributed by atoms with Crippen LogP contribution in [0.1, 0.15) is 33.6 Å². The summed E-state index contributed by atoms with van der Waals surface area (Å²) >= 11 is 0. The van der Waals surface area contributed by atoms with E-state index in [1.165, 1.54) is 0 Å². The van der Waals surface area contributed by atoms with Gasteiger partial charge in [0.1, 0.15) is 29.8 Å². The lowest BCUT2D eigenvalue weighted by atomic mass is 9.94. The lowest BCUT2D eigenvalue weighted by Crippen LogP contribution is -1.98. The molecular formula is C36H12N10. The van der Waals surface area contributed by atoms with Gasteiger partial charge in [-0.05, 0) is 70.8 Å². The quantitative estimate of drug-likeness (QED) is 0.210. The van der Waals surface area contributed by atoms with Crippen LogP contribution in [0.3, 0.4) is 0 Å². The molecule has 1 aliphatic carbocycles. The smallest absolute Gasteiger partial charge is 0.162 e. The maximum absolute atomic E-state index is 10.2. The Morgan fingerprint density at radius 1 is 0.457 bits per heavy atom. The van der Waals surface area contributed by atoms with Crippen LogP contribution in [0.5, 0.6) is 0 Å². The lowest BCUT2D eigenvalue weighted by Gasteiger charge is -2.11. The number of hydrogen-bond donors (Lipinski definition) is 0. The summed E-state index contributed by atoms with van der Waals surface area (Å²) in [6, 6.07) is 33.0. The number of nitriles is 6. The molecule has 0 bridgehead atoms. The van der Waals surface area contributed by atoms with Crippen molar-refractivity contribution in [3.05, 3.63) is 112 Å². The van der Waals surface area contributed by atoms with Gasteiger partial charge in [0.2, 0.25) is 0 Å². The molecule has 4 aromatic carbocycles. The maximum Gasteiger partial charge on any atom is 0.162 e. The summed E-state index contributed by atoms with van der Waals surface area (Å²) in [5.41, 5.74) is 4.38. The predicted molar refractivity (Wildman–Crippen MR) is 165 cm³/mol. The van der Waals surface area contributed by atoms with Crippen LogP contribution in [0, 0.1) is 68.0 Å². The molecule has 1 aliphatic rings. The van der Waals surface area contributed by atoms with Crippen molar-refractivity contribution in [1.82, 2.24) is 19.9 Å². The Morgan fingerprint density at radius 2 is 0.891 bits per heavy atom. The van der Waals surface area contributed by atoms with Crippen molar-refractivity contribution in [3.63, 3.8) is 0 Å². The van der Waals surface area contributed by atoms with Crippen molar-refractivity contribution in [2.24, 2.45) is 0 Å². The van der Waals surface area contributed by atoms with Crippen LogP contribution in [-0.4, -0.2) is 19.9 Å². The molecule has 10 heteroatoms. The Labute approximate surface area is 260 Å². The molecular weight excluding hydrogens is 572 g/mol. The summed E-state index contributed by atoms with van der Waals surface area (Å²) < 4.78 is 0. The van der Waals surface area contributed by atoms with Gasteiger partial charge in [0.15, 0.2) is 23.0 Å². The van der Waals surface area contributed by atoms with Crippen LogP contribution in [0.15, 0.2) is 78.4 Å².